The highest BCUT2D eigenvalue weighted by atomic mass is 16.1. The summed E-state index contributed by atoms with van der Waals surface area (Å²) in [4.78, 5) is 11.9. The molecule has 0 aromatic heterocycles. The van der Waals surface area contributed by atoms with Gasteiger partial charge in [-0.25, -0.2) is 0 Å². The third kappa shape index (κ3) is 1.88. The van der Waals surface area contributed by atoms with Gasteiger partial charge in [-0.2, -0.15) is 0 Å². The van der Waals surface area contributed by atoms with Gasteiger partial charge >= 0.3 is 0 Å². The van der Waals surface area contributed by atoms with Crippen LogP contribution in [0.1, 0.15) is 22.8 Å². The third-order valence-electron chi connectivity index (χ3n) is 2.93. The first kappa shape index (κ1) is 10.2. The van der Waals surface area contributed by atoms with Crippen molar-refractivity contribution < 1.29 is 4.79 Å². The van der Waals surface area contributed by atoms with Crippen LogP contribution in [-0.4, -0.2) is 25.4 Å². The Labute approximate surface area is 89.9 Å². The zero-order valence-corrected chi connectivity index (χ0v) is 9.13. The Kier molecular flexibility index (Phi) is 2.73. The van der Waals surface area contributed by atoms with Crippen LogP contribution < -0.4 is 10.6 Å². The molecule has 3 heteroatoms. The van der Waals surface area contributed by atoms with Crippen molar-refractivity contribution >= 4 is 11.5 Å². The number of hydrogen-bond acceptors (Lipinski definition) is 3. The molecule has 1 unspecified atom stereocenters. The summed E-state index contributed by atoms with van der Waals surface area (Å²) in [6.07, 6.45) is 1.02. The summed E-state index contributed by atoms with van der Waals surface area (Å²) < 4.78 is 0. The molecule has 1 heterocycles. The fourth-order valence-electron chi connectivity index (χ4n) is 1.84. The normalized spacial score (nSPS) is 15.6. The molecule has 15 heavy (non-hydrogen) atoms. The van der Waals surface area contributed by atoms with E-state index in [1.807, 2.05) is 25.1 Å². The second-order valence-corrected chi connectivity index (χ2v) is 3.92. The van der Waals surface area contributed by atoms with Crippen LogP contribution in [0.5, 0.6) is 0 Å². The second-order valence-electron chi connectivity index (χ2n) is 3.92. The molecule has 0 bridgehead atoms. The Morgan fingerprint density at radius 2 is 2.33 bits per heavy atom. The average molecular weight is 204 g/mol. The molecule has 1 aromatic carbocycles. The van der Waals surface area contributed by atoms with Gasteiger partial charge in [0.05, 0.1) is 6.04 Å². The largest absolute Gasteiger partial charge is 0.384 e. The van der Waals surface area contributed by atoms with Crippen molar-refractivity contribution in [3.05, 3.63) is 29.3 Å². The minimum Gasteiger partial charge on any atom is -0.384 e. The predicted molar refractivity (Wildman–Crippen MR) is 61.5 cm³/mol. The molecular formula is C12H16N2O. The minimum atomic E-state index is -0.114. The van der Waals surface area contributed by atoms with E-state index in [1.54, 1.807) is 7.05 Å². The van der Waals surface area contributed by atoms with Gasteiger partial charge in [0.1, 0.15) is 0 Å². The van der Waals surface area contributed by atoms with Gasteiger partial charge in [0, 0.05) is 17.8 Å². The van der Waals surface area contributed by atoms with E-state index in [-0.39, 0.29) is 11.8 Å². The molecule has 80 valence electrons. The molecule has 0 fully saturated rings. The lowest BCUT2D eigenvalue weighted by molar-refractivity contribution is 0.0955. The smallest absolute Gasteiger partial charge is 0.179 e. The van der Waals surface area contributed by atoms with E-state index < -0.39 is 0 Å². The van der Waals surface area contributed by atoms with Gasteiger partial charge in [0.2, 0.25) is 0 Å². The van der Waals surface area contributed by atoms with Crippen LogP contribution in [0.4, 0.5) is 5.69 Å². The molecule has 3 nitrogen and oxygen atoms in total. The molecular weight excluding hydrogens is 188 g/mol. The molecule has 1 atom stereocenters. The van der Waals surface area contributed by atoms with E-state index in [9.17, 15) is 4.79 Å². The fraction of sp³-hybridized carbons (Fsp3) is 0.417. The molecule has 0 aliphatic carbocycles. The van der Waals surface area contributed by atoms with Crippen LogP contribution in [0.3, 0.4) is 0 Å². The third-order valence-corrected chi connectivity index (χ3v) is 2.93. The van der Waals surface area contributed by atoms with Gasteiger partial charge in [-0.1, -0.05) is 0 Å². The Bertz CT molecular complexity index is 387. The number of carbonyl (C=O) groups excluding carboxylic acids is 1. The zero-order chi connectivity index (χ0) is 10.8. The van der Waals surface area contributed by atoms with Gasteiger partial charge in [0.25, 0.3) is 0 Å². The predicted octanol–water partition coefficient (Wildman–Crippen LogP) is 1.45. The molecule has 0 amide bonds. The van der Waals surface area contributed by atoms with Crippen molar-refractivity contribution in [2.75, 3.05) is 18.9 Å². The summed E-state index contributed by atoms with van der Waals surface area (Å²) in [5.74, 6) is 0.159. The molecule has 0 saturated heterocycles. The number of nitrogens with one attached hydrogen (secondary N) is 2. The number of ketones is 1. The van der Waals surface area contributed by atoms with Crippen molar-refractivity contribution in [3.63, 3.8) is 0 Å². The highest BCUT2D eigenvalue weighted by Crippen LogP contribution is 2.23. The molecule has 1 aliphatic heterocycles. The Balaban J connectivity index is 2.26. The summed E-state index contributed by atoms with van der Waals surface area (Å²) in [5.41, 5.74) is 3.23. The van der Waals surface area contributed by atoms with E-state index in [4.69, 9.17) is 0 Å². The summed E-state index contributed by atoms with van der Waals surface area (Å²) in [6.45, 7) is 2.86. The summed E-state index contributed by atoms with van der Waals surface area (Å²) in [7, 11) is 1.80. The molecule has 1 aromatic rings. The Hall–Kier alpha value is -1.35. The van der Waals surface area contributed by atoms with Gasteiger partial charge in [-0.05, 0) is 44.2 Å². The van der Waals surface area contributed by atoms with Crippen molar-refractivity contribution in [1.29, 1.82) is 0 Å². The number of Topliss-reactive ketones (excluding diaryl/α,β-unsaturated/α-hetero) is 1. The van der Waals surface area contributed by atoms with Crippen molar-refractivity contribution in [2.24, 2.45) is 0 Å². The van der Waals surface area contributed by atoms with Gasteiger partial charge in [0.15, 0.2) is 5.78 Å². The first-order valence-corrected chi connectivity index (χ1v) is 5.30. The van der Waals surface area contributed by atoms with Crippen LogP contribution in [0.2, 0.25) is 0 Å². The average Bonchev–Trinajstić information content (AvgIpc) is 2.73. The topological polar surface area (TPSA) is 41.1 Å². The zero-order valence-electron chi connectivity index (χ0n) is 9.13. The SMILES string of the molecule is CNC(C)C(=O)c1ccc2c(c1)CCN2. The van der Waals surface area contributed by atoms with E-state index in [2.05, 4.69) is 10.6 Å². The summed E-state index contributed by atoms with van der Waals surface area (Å²) in [6, 6.07) is 5.79. The lowest BCUT2D eigenvalue weighted by Crippen LogP contribution is -2.30. The van der Waals surface area contributed by atoms with Crippen LogP contribution in [0.15, 0.2) is 18.2 Å². The fourth-order valence-corrected chi connectivity index (χ4v) is 1.84. The minimum absolute atomic E-state index is 0.114. The molecule has 0 spiro atoms. The van der Waals surface area contributed by atoms with Crippen LogP contribution in [0, 0.1) is 0 Å². The van der Waals surface area contributed by atoms with E-state index in [1.165, 1.54) is 11.3 Å². The summed E-state index contributed by atoms with van der Waals surface area (Å²) in [5, 5.41) is 6.25. The second kappa shape index (κ2) is 4.03. The van der Waals surface area contributed by atoms with E-state index in [0.717, 1.165) is 18.5 Å². The van der Waals surface area contributed by atoms with E-state index >= 15 is 0 Å². The van der Waals surface area contributed by atoms with Crippen molar-refractivity contribution in [1.82, 2.24) is 5.32 Å². The molecule has 2 N–H and O–H groups in total. The van der Waals surface area contributed by atoms with Crippen LogP contribution in [0.25, 0.3) is 0 Å². The highest BCUT2D eigenvalue weighted by Gasteiger charge is 2.16. The maximum absolute atomic E-state index is 11.9. The molecule has 2 rings (SSSR count). The Morgan fingerprint density at radius 3 is 3.07 bits per heavy atom. The number of anilines is 1. The quantitative estimate of drug-likeness (QED) is 0.732. The molecule has 1 aliphatic rings. The van der Waals surface area contributed by atoms with Gasteiger partial charge < -0.3 is 10.6 Å². The van der Waals surface area contributed by atoms with Crippen molar-refractivity contribution in [2.45, 2.75) is 19.4 Å². The Morgan fingerprint density at radius 1 is 1.53 bits per heavy atom. The number of carbonyl (C=O) groups is 1. The lowest BCUT2D eigenvalue weighted by Gasteiger charge is -2.09. The van der Waals surface area contributed by atoms with Crippen molar-refractivity contribution in [3.8, 4) is 0 Å². The number of fused-ring (bicyclic) bond motifs is 1. The number of benzene rings is 1. The standard InChI is InChI=1S/C12H16N2O/c1-8(13-2)12(15)10-3-4-11-9(7-10)5-6-14-11/h3-4,7-8,13-14H,5-6H2,1-2H3. The highest BCUT2D eigenvalue weighted by molar-refractivity contribution is 6.00. The number of hydrogen-bond donors (Lipinski definition) is 2. The first-order valence-electron chi connectivity index (χ1n) is 5.30. The summed E-state index contributed by atoms with van der Waals surface area (Å²) >= 11 is 0. The molecule has 0 radical (unpaired) electrons. The van der Waals surface area contributed by atoms with Gasteiger partial charge in [-0.3, -0.25) is 4.79 Å². The maximum Gasteiger partial charge on any atom is 0.179 e. The monoisotopic (exact) mass is 204 g/mol. The number of rotatable bonds is 3. The van der Waals surface area contributed by atoms with E-state index in [0.29, 0.717) is 0 Å². The first-order chi connectivity index (χ1) is 7.22. The lowest BCUT2D eigenvalue weighted by atomic mass is 10.0. The molecule has 0 saturated carbocycles. The maximum atomic E-state index is 11.9. The van der Waals surface area contributed by atoms with Crippen LogP contribution >= 0.6 is 0 Å². The van der Waals surface area contributed by atoms with Gasteiger partial charge in [-0.15, -0.1) is 0 Å². The van der Waals surface area contributed by atoms with Crippen LogP contribution in [-0.2, 0) is 6.42 Å². The number of likely N-dealkylation sites (N-methyl/N-ethyl adjacent to an activating group) is 1.